The molecule has 0 atom stereocenters. The molecular formula is C28H28Cl2N2O3. The number of benzene rings is 3. The molecule has 0 aromatic heterocycles. The van der Waals surface area contributed by atoms with E-state index in [1.807, 2.05) is 29.2 Å². The number of hydrogen-bond acceptors (Lipinski definition) is 4. The standard InChI is InChI=1S/C28H28Cl2N2O3/c1-34-21-5-3-4-19(14-21)17-31-12-10-28(11-13-31)18-32(26-9-7-22(35-2)16-23(26)28)27(33)20-6-8-24(29)25(30)15-20/h3-9,14-16H,10-13,17-18H2,1-2H3. The Morgan fingerprint density at radius 2 is 1.66 bits per heavy atom. The molecule has 3 aromatic rings. The monoisotopic (exact) mass is 510 g/mol. The SMILES string of the molecule is COc1cccc(CN2CCC3(CC2)CN(C(=O)c2ccc(Cl)c(Cl)c2)c2ccc(OC)cc23)c1. The number of fused-ring (bicyclic) bond motifs is 2. The normalized spacial score (nSPS) is 16.9. The number of hydrogen-bond donors (Lipinski definition) is 0. The zero-order valence-electron chi connectivity index (χ0n) is 19.9. The van der Waals surface area contributed by atoms with Gasteiger partial charge in [-0.15, -0.1) is 0 Å². The largest absolute Gasteiger partial charge is 0.497 e. The third-order valence-corrected chi connectivity index (χ3v) is 8.03. The molecule has 2 heterocycles. The van der Waals surface area contributed by atoms with Gasteiger partial charge in [0.2, 0.25) is 0 Å². The minimum Gasteiger partial charge on any atom is -0.497 e. The van der Waals surface area contributed by atoms with E-state index in [-0.39, 0.29) is 11.3 Å². The highest BCUT2D eigenvalue weighted by atomic mass is 35.5. The van der Waals surface area contributed by atoms with Crippen LogP contribution in [-0.4, -0.2) is 44.7 Å². The van der Waals surface area contributed by atoms with Crippen molar-refractivity contribution >= 4 is 34.8 Å². The maximum atomic E-state index is 13.6. The lowest BCUT2D eigenvalue weighted by atomic mass is 9.74. The van der Waals surface area contributed by atoms with Gasteiger partial charge in [-0.25, -0.2) is 0 Å². The summed E-state index contributed by atoms with van der Waals surface area (Å²) in [5, 5.41) is 0.821. The molecule has 0 aliphatic carbocycles. The zero-order valence-corrected chi connectivity index (χ0v) is 21.4. The third kappa shape index (κ3) is 4.61. The van der Waals surface area contributed by atoms with Crippen LogP contribution in [0.15, 0.2) is 60.7 Å². The van der Waals surface area contributed by atoms with E-state index in [2.05, 4.69) is 23.1 Å². The summed E-state index contributed by atoms with van der Waals surface area (Å²) in [6, 6.07) is 19.3. The molecule has 1 fully saturated rings. The Balaban J connectivity index is 1.39. The van der Waals surface area contributed by atoms with Gasteiger partial charge >= 0.3 is 0 Å². The number of rotatable bonds is 5. The van der Waals surface area contributed by atoms with Crippen LogP contribution in [0.1, 0.15) is 34.3 Å². The zero-order chi connectivity index (χ0) is 24.6. The first kappa shape index (κ1) is 24.0. The highest BCUT2D eigenvalue weighted by Gasteiger charge is 2.46. The Bertz CT molecular complexity index is 1250. The number of carbonyl (C=O) groups excluding carboxylic acids is 1. The second-order valence-electron chi connectivity index (χ2n) is 9.31. The summed E-state index contributed by atoms with van der Waals surface area (Å²) >= 11 is 12.3. The minimum absolute atomic E-state index is 0.0642. The molecule has 0 saturated carbocycles. The van der Waals surface area contributed by atoms with Crippen molar-refractivity contribution in [3.63, 3.8) is 0 Å². The van der Waals surface area contributed by atoms with Crippen LogP contribution in [0.5, 0.6) is 11.5 Å². The van der Waals surface area contributed by atoms with Gasteiger partial charge in [-0.1, -0.05) is 35.3 Å². The van der Waals surface area contributed by atoms with E-state index in [1.54, 1.807) is 32.4 Å². The van der Waals surface area contributed by atoms with Crippen molar-refractivity contribution in [3.8, 4) is 11.5 Å². The van der Waals surface area contributed by atoms with Crippen LogP contribution in [0.3, 0.4) is 0 Å². The van der Waals surface area contributed by atoms with E-state index in [1.165, 1.54) is 11.1 Å². The van der Waals surface area contributed by atoms with E-state index in [9.17, 15) is 4.79 Å². The number of halogens is 2. The first-order valence-corrected chi connectivity index (χ1v) is 12.5. The fraction of sp³-hybridized carbons (Fsp3) is 0.321. The molecule has 1 amide bonds. The first-order chi connectivity index (χ1) is 16.9. The molecule has 1 spiro atoms. The van der Waals surface area contributed by atoms with E-state index in [0.717, 1.165) is 49.7 Å². The Kier molecular flexibility index (Phi) is 6.67. The maximum absolute atomic E-state index is 13.6. The topological polar surface area (TPSA) is 42.0 Å². The van der Waals surface area contributed by atoms with E-state index in [0.29, 0.717) is 22.2 Å². The molecule has 0 radical (unpaired) electrons. The van der Waals surface area contributed by atoms with Crippen molar-refractivity contribution < 1.29 is 14.3 Å². The van der Waals surface area contributed by atoms with Crippen molar-refractivity contribution in [2.45, 2.75) is 24.8 Å². The smallest absolute Gasteiger partial charge is 0.258 e. The Morgan fingerprint density at radius 3 is 2.37 bits per heavy atom. The predicted molar refractivity (Wildman–Crippen MR) is 140 cm³/mol. The third-order valence-electron chi connectivity index (χ3n) is 7.29. The van der Waals surface area contributed by atoms with Crippen LogP contribution >= 0.6 is 23.2 Å². The molecule has 0 N–H and O–H groups in total. The molecule has 5 rings (SSSR count). The molecule has 5 nitrogen and oxygen atoms in total. The summed E-state index contributed by atoms with van der Waals surface area (Å²) in [4.78, 5) is 18.0. The summed E-state index contributed by atoms with van der Waals surface area (Å²) < 4.78 is 10.9. The summed E-state index contributed by atoms with van der Waals surface area (Å²) in [5.74, 6) is 1.63. The van der Waals surface area contributed by atoms with Crippen LogP contribution < -0.4 is 14.4 Å². The Morgan fingerprint density at radius 1 is 0.914 bits per heavy atom. The molecule has 0 bridgehead atoms. The predicted octanol–water partition coefficient (Wildman–Crippen LogP) is 6.20. The van der Waals surface area contributed by atoms with Gasteiger partial charge in [0.15, 0.2) is 0 Å². The highest BCUT2D eigenvalue weighted by Crippen LogP contribution is 2.49. The number of nitrogens with zero attached hydrogens (tertiary/aromatic N) is 2. The molecule has 7 heteroatoms. The highest BCUT2D eigenvalue weighted by molar-refractivity contribution is 6.42. The molecule has 35 heavy (non-hydrogen) atoms. The lowest BCUT2D eigenvalue weighted by Crippen LogP contribution is -2.45. The average molecular weight is 511 g/mol. The Hall–Kier alpha value is -2.73. The fourth-order valence-corrected chi connectivity index (χ4v) is 5.64. The summed E-state index contributed by atoms with van der Waals surface area (Å²) in [6.07, 6.45) is 1.92. The number of anilines is 1. The van der Waals surface area contributed by atoms with Crippen molar-refractivity contribution in [1.82, 2.24) is 4.90 Å². The van der Waals surface area contributed by atoms with Crippen LogP contribution in [0, 0.1) is 0 Å². The number of carbonyl (C=O) groups is 1. The van der Waals surface area contributed by atoms with Crippen LogP contribution in [0.4, 0.5) is 5.69 Å². The van der Waals surface area contributed by atoms with Crippen LogP contribution in [-0.2, 0) is 12.0 Å². The van der Waals surface area contributed by atoms with Crippen molar-refractivity contribution in [1.29, 1.82) is 0 Å². The molecule has 3 aromatic carbocycles. The van der Waals surface area contributed by atoms with E-state index in [4.69, 9.17) is 32.7 Å². The number of likely N-dealkylation sites (tertiary alicyclic amines) is 1. The van der Waals surface area contributed by atoms with Gasteiger partial charge in [0.05, 0.1) is 24.3 Å². The first-order valence-electron chi connectivity index (χ1n) is 11.7. The quantitative estimate of drug-likeness (QED) is 0.409. The number of amides is 1. The fourth-order valence-electron chi connectivity index (χ4n) is 5.34. The van der Waals surface area contributed by atoms with E-state index >= 15 is 0 Å². The van der Waals surface area contributed by atoms with Crippen molar-refractivity contribution in [3.05, 3.63) is 87.4 Å². The average Bonchev–Trinajstić information content (AvgIpc) is 3.20. The lowest BCUT2D eigenvalue weighted by molar-refractivity contribution is 0.0975. The Labute approximate surface area is 216 Å². The van der Waals surface area contributed by atoms with Crippen molar-refractivity contribution in [2.75, 3.05) is 38.8 Å². The summed E-state index contributed by atoms with van der Waals surface area (Å²) in [5.41, 5.74) is 3.80. The van der Waals surface area contributed by atoms with Gasteiger partial charge in [-0.2, -0.15) is 0 Å². The maximum Gasteiger partial charge on any atom is 0.258 e. The molecule has 2 aliphatic heterocycles. The second-order valence-corrected chi connectivity index (χ2v) is 10.1. The van der Waals surface area contributed by atoms with E-state index < -0.39 is 0 Å². The van der Waals surface area contributed by atoms with Crippen LogP contribution in [0.2, 0.25) is 10.0 Å². The number of piperidine rings is 1. The molecule has 1 saturated heterocycles. The lowest BCUT2D eigenvalue weighted by Gasteiger charge is -2.40. The molecular weight excluding hydrogens is 483 g/mol. The van der Waals surface area contributed by atoms with Gasteiger partial charge in [-0.3, -0.25) is 9.69 Å². The van der Waals surface area contributed by atoms with Crippen molar-refractivity contribution in [2.24, 2.45) is 0 Å². The molecule has 0 unspecified atom stereocenters. The van der Waals surface area contributed by atoms with Gasteiger partial charge in [0, 0.05) is 29.8 Å². The van der Waals surface area contributed by atoms with Gasteiger partial charge in [0.25, 0.3) is 5.91 Å². The summed E-state index contributed by atoms with van der Waals surface area (Å²) in [6.45, 7) is 3.41. The second kappa shape index (κ2) is 9.73. The summed E-state index contributed by atoms with van der Waals surface area (Å²) in [7, 11) is 3.37. The molecule has 2 aliphatic rings. The number of ether oxygens (including phenoxy) is 2. The minimum atomic E-state index is -0.110. The number of methoxy groups -OCH3 is 2. The van der Waals surface area contributed by atoms with Gasteiger partial charge < -0.3 is 14.4 Å². The van der Waals surface area contributed by atoms with Crippen LogP contribution in [0.25, 0.3) is 0 Å². The van der Waals surface area contributed by atoms with Gasteiger partial charge in [-0.05, 0) is 85.6 Å². The van der Waals surface area contributed by atoms with Gasteiger partial charge in [0.1, 0.15) is 11.5 Å². The molecule has 182 valence electrons.